The number of piperazine rings is 1. The topological polar surface area (TPSA) is 69.7 Å². The van der Waals surface area contributed by atoms with Crippen LogP contribution in [0.15, 0.2) is 72.8 Å². The normalized spacial score (nSPS) is 14.8. The number of hydrogen-bond donors (Lipinski definition) is 1. The van der Waals surface area contributed by atoms with E-state index in [1.165, 1.54) is 0 Å². The zero-order valence-electron chi connectivity index (χ0n) is 19.7. The monoisotopic (exact) mass is 457 g/mol. The number of carbonyl (C=O) groups is 3. The van der Waals surface area contributed by atoms with Crippen LogP contribution in [0.2, 0.25) is 0 Å². The van der Waals surface area contributed by atoms with E-state index in [4.69, 9.17) is 0 Å². The van der Waals surface area contributed by atoms with Gasteiger partial charge in [0.1, 0.15) is 6.04 Å². The smallest absolute Gasteiger partial charge is 0.253 e. The Kier molecular flexibility index (Phi) is 7.26. The van der Waals surface area contributed by atoms with Crippen LogP contribution in [0.25, 0.3) is 10.8 Å². The first-order chi connectivity index (χ1) is 16.4. The average Bonchev–Trinajstić information content (AvgIpc) is 2.87. The zero-order valence-corrected chi connectivity index (χ0v) is 19.7. The minimum Gasteiger partial charge on any atom is -0.344 e. The number of rotatable bonds is 6. The van der Waals surface area contributed by atoms with Gasteiger partial charge in [-0.05, 0) is 34.4 Å². The van der Waals surface area contributed by atoms with Crippen LogP contribution in [0, 0.1) is 5.92 Å². The molecule has 4 rings (SSSR count). The molecular formula is C28H31N3O3. The van der Waals surface area contributed by atoms with Gasteiger partial charge in [0.2, 0.25) is 11.8 Å². The second-order valence-electron chi connectivity index (χ2n) is 9.09. The summed E-state index contributed by atoms with van der Waals surface area (Å²) in [4.78, 5) is 42.5. The van der Waals surface area contributed by atoms with Crippen molar-refractivity contribution in [3.63, 3.8) is 0 Å². The van der Waals surface area contributed by atoms with E-state index in [9.17, 15) is 14.4 Å². The molecule has 0 unspecified atom stereocenters. The first kappa shape index (κ1) is 23.5. The lowest BCUT2D eigenvalue weighted by atomic mass is 9.99. The fraction of sp³-hybridized carbons (Fsp3) is 0.321. The SMILES string of the molecule is CC(C)[C@H](NC(=O)Cc1cccc2ccccc12)C(=O)N1CCN(C(=O)c2ccccc2)CC1. The predicted molar refractivity (Wildman–Crippen MR) is 133 cm³/mol. The second kappa shape index (κ2) is 10.5. The van der Waals surface area contributed by atoms with E-state index < -0.39 is 6.04 Å². The van der Waals surface area contributed by atoms with Crippen molar-refractivity contribution in [3.05, 3.63) is 83.9 Å². The summed E-state index contributed by atoms with van der Waals surface area (Å²) in [5, 5.41) is 5.11. The van der Waals surface area contributed by atoms with Crippen LogP contribution in [-0.4, -0.2) is 59.7 Å². The Labute approximate surface area is 200 Å². The quantitative estimate of drug-likeness (QED) is 0.616. The van der Waals surface area contributed by atoms with Gasteiger partial charge in [-0.15, -0.1) is 0 Å². The van der Waals surface area contributed by atoms with Gasteiger partial charge >= 0.3 is 0 Å². The third-order valence-corrected chi connectivity index (χ3v) is 6.38. The summed E-state index contributed by atoms with van der Waals surface area (Å²) in [6, 6.07) is 22.5. The van der Waals surface area contributed by atoms with Crippen molar-refractivity contribution in [2.24, 2.45) is 5.92 Å². The van der Waals surface area contributed by atoms with Crippen molar-refractivity contribution in [1.82, 2.24) is 15.1 Å². The molecule has 0 saturated carbocycles. The molecule has 1 saturated heterocycles. The van der Waals surface area contributed by atoms with Crippen LogP contribution in [0.1, 0.15) is 29.8 Å². The minimum absolute atomic E-state index is 0.0171. The highest BCUT2D eigenvalue weighted by molar-refractivity contribution is 5.95. The molecule has 0 aromatic heterocycles. The number of fused-ring (bicyclic) bond motifs is 1. The second-order valence-corrected chi connectivity index (χ2v) is 9.09. The lowest BCUT2D eigenvalue weighted by Gasteiger charge is -2.37. The molecule has 1 fully saturated rings. The highest BCUT2D eigenvalue weighted by Crippen LogP contribution is 2.19. The third kappa shape index (κ3) is 5.28. The fourth-order valence-electron chi connectivity index (χ4n) is 4.45. The van der Waals surface area contributed by atoms with Gasteiger partial charge in [0.15, 0.2) is 0 Å². The number of benzene rings is 3. The maximum atomic E-state index is 13.3. The van der Waals surface area contributed by atoms with E-state index in [-0.39, 0.29) is 30.1 Å². The predicted octanol–water partition coefficient (Wildman–Crippen LogP) is 3.51. The van der Waals surface area contributed by atoms with Gasteiger partial charge < -0.3 is 15.1 Å². The van der Waals surface area contributed by atoms with Crippen molar-refractivity contribution in [2.75, 3.05) is 26.2 Å². The van der Waals surface area contributed by atoms with Crippen LogP contribution in [0.5, 0.6) is 0 Å². The molecule has 0 bridgehead atoms. The highest BCUT2D eigenvalue weighted by atomic mass is 16.2. The van der Waals surface area contributed by atoms with Crippen LogP contribution in [0.3, 0.4) is 0 Å². The molecule has 1 heterocycles. The van der Waals surface area contributed by atoms with Crippen LogP contribution < -0.4 is 5.32 Å². The Morgan fingerprint density at radius 3 is 2.12 bits per heavy atom. The molecule has 176 valence electrons. The van der Waals surface area contributed by atoms with E-state index in [2.05, 4.69) is 5.32 Å². The number of nitrogens with one attached hydrogen (secondary N) is 1. The molecular weight excluding hydrogens is 426 g/mol. The molecule has 1 aliphatic rings. The number of hydrogen-bond acceptors (Lipinski definition) is 3. The molecule has 3 aromatic carbocycles. The van der Waals surface area contributed by atoms with E-state index in [0.29, 0.717) is 31.7 Å². The number of carbonyl (C=O) groups excluding carboxylic acids is 3. The summed E-state index contributed by atoms with van der Waals surface area (Å²) in [6.07, 6.45) is 0.219. The molecule has 6 nitrogen and oxygen atoms in total. The van der Waals surface area contributed by atoms with Crippen molar-refractivity contribution in [3.8, 4) is 0 Å². The van der Waals surface area contributed by atoms with Crippen LogP contribution >= 0.6 is 0 Å². The largest absolute Gasteiger partial charge is 0.344 e. The zero-order chi connectivity index (χ0) is 24.1. The Morgan fingerprint density at radius 1 is 0.794 bits per heavy atom. The lowest BCUT2D eigenvalue weighted by molar-refractivity contribution is -0.138. The summed E-state index contributed by atoms with van der Waals surface area (Å²) >= 11 is 0. The molecule has 34 heavy (non-hydrogen) atoms. The lowest BCUT2D eigenvalue weighted by Crippen LogP contribution is -2.57. The first-order valence-electron chi connectivity index (χ1n) is 11.8. The summed E-state index contributed by atoms with van der Waals surface area (Å²) in [5.74, 6) is -0.321. The average molecular weight is 458 g/mol. The summed E-state index contributed by atoms with van der Waals surface area (Å²) < 4.78 is 0. The summed E-state index contributed by atoms with van der Waals surface area (Å²) in [6.45, 7) is 5.76. The van der Waals surface area contributed by atoms with Crippen LogP contribution in [-0.2, 0) is 16.0 Å². The van der Waals surface area contributed by atoms with Gasteiger partial charge in [-0.3, -0.25) is 14.4 Å². The molecule has 1 atom stereocenters. The summed E-state index contributed by atoms with van der Waals surface area (Å²) in [5.41, 5.74) is 1.60. The molecule has 6 heteroatoms. The highest BCUT2D eigenvalue weighted by Gasteiger charge is 2.32. The van der Waals surface area contributed by atoms with Crippen LogP contribution in [0.4, 0.5) is 0 Å². The van der Waals surface area contributed by atoms with E-state index in [0.717, 1.165) is 16.3 Å². The molecule has 0 radical (unpaired) electrons. The van der Waals surface area contributed by atoms with E-state index >= 15 is 0 Å². The number of nitrogens with zero attached hydrogens (tertiary/aromatic N) is 2. The Bertz CT molecular complexity index is 1160. The maximum Gasteiger partial charge on any atom is 0.253 e. The maximum absolute atomic E-state index is 13.3. The first-order valence-corrected chi connectivity index (χ1v) is 11.8. The molecule has 1 aliphatic heterocycles. The molecule has 1 N–H and O–H groups in total. The summed E-state index contributed by atoms with van der Waals surface area (Å²) in [7, 11) is 0. The van der Waals surface area contributed by atoms with E-state index in [1.807, 2.05) is 74.5 Å². The fourth-order valence-corrected chi connectivity index (χ4v) is 4.45. The molecule has 3 aromatic rings. The molecule has 0 spiro atoms. The molecule has 0 aliphatic carbocycles. The van der Waals surface area contributed by atoms with Crippen molar-refractivity contribution < 1.29 is 14.4 Å². The molecule has 3 amide bonds. The number of amides is 3. The van der Waals surface area contributed by atoms with E-state index in [1.54, 1.807) is 21.9 Å². The van der Waals surface area contributed by atoms with Gasteiger partial charge in [0.05, 0.1) is 6.42 Å². The van der Waals surface area contributed by atoms with Gasteiger partial charge in [-0.1, -0.05) is 74.5 Å². The van der Waals surface area contributed by atoms with Crippen molar-refractivity contribution in [2.45, 2.75) is 26.3 Å². The van der Waals surface area contributed by atoms with Gasteiger partial charge in [0, 0.05) is 31.7 Å². The Morgan fingerprint density at radius 2 is 1.41 bits per heavy atom. The Hall–Kier alpha value is -3.67. The van der Waals surface area contributed by atoms with Gasteiger partial charge in [-0.25, -0.2) is 0 Å². The standard InChI is InChI=1S/C28H31N3O3/c1-20(2)26(29-25(32)19-23-13-8-12-21-9-6-7-14-24(21)23)28(34)31-17-15-30(16-18-31)27(33)22-10-4-3-5-11-22/h3-14,20,26H,15-19H2,1-2H3,(H,29,32)/t26-/m0/s1. The Balaban J connectivity index is 1.37. The third-order valence-electron chi connectivity index (χ3n) is 6.38. The van der Waals surface area contributed by atoms with Crippen molar-refractivity contribution >= 4 is 28.5 Å². The van der Waals surface area contributed by atoms with Gasteiger partial charge in [0.25, 0.3) is 5.91 Å². The van der Waals surface area contributed by atoms with Gasteiger partial charge in [-0.2, -0.15) is 0 Å². The van der Waals surface area contributed by atoms with Crippen molar-refractivity contribution in [1.29, 1.82) is 0 Å². The minimum atomic E-state index is -0.598.